The first-order chi connectivity index (χ1) is 12.6. The molecular weight excluding hydrogens is 336 g/mol. The second kappa shape index (κ2) is 8.41. The zero-order valence-corrected chi connectivity index (χ0v) is 14.6. The van der Waals surface area contributed by atoms with E-state index in [0.29, 0.717) is 32.4 Å². The number of halogens is 2. The molecule has 0 aromatic heterocycles. The van der Waals surface area contributed by atoms with E-state index in [9.17, 15) is 18.7 Å². The van der Waals surface area contributed by atoms with Crippen LogP contribution in [0.3, 0.4) is 0 Å². The molecule has 1 aliphatic heterocycles. The summed E-state index contributed by atoms with van der Waals surface area (Å²) < 4.78 is 27.6. The third kappa shape index (κ3) is 4.28. The van der Waals surface area contributed by atoms with E-state index in [-0.39, 0.29) is 5.92 Å². The van der Waals surface area contributed by atoms with Crippen LogP contribution in [0.1, 0.15) is 35.2 Å². The molecule has 2 aromatic carbocycles. The highest BCUT2D eigenvalue weighted by molar-refractivity contribution is 5.94. The zero-order chi connectivity index (χ0) is 18.5. The molecule has 2 aromatic rings. The van der Waals surface area contributed by atoms with Crippen LogP contribution in [0.4, 0.5) is 8.78 Å². The summed E-state index contributed by atoms with van der Waals surface area (Å²) >= 11 is 0. The van der Waals surface area contributed by atoms with Gasteiger partial charge in [0.2, 0.25) is 0 Å². The van der Waals surface area contributed by atoms with Crippen LogP contribution in [0.25, 0.3) is 0 Å². The van der Waals surface area contributed by atoms with E-state index in [2.05, 4.69) is 0 Å². The number of amides is 1. The van der Waals surface area contributed by atoms with Crippen LogP contribution in [0, 0.1) is 17.6 Å². The van der Waals surface area contributed by atoms with Crippen molar-refractivity contribution in [3.63, 3.8) is 0 Å². The highest BCUT2D eigenvalue weighted by Gasteiger charge is 2.30. The molecule has 138 valence electrons. The lowest BCUT2D eigenvalue weighted by atomic mass is 9.88. The van der Waals surface area contributed by atoms with Gasteiger partial charge in [0.1, 0.15) is 17.2 Å². The summed E-state index contributed by atoms with van der Waals surface area (Å²) in [5, 5.41) is 10.4. The van der Waals surface area contributed by atoms with Gasteiger partial charge >= 0.3 is 0 Å². The minimum absolute atomic E-state index is 0.105. The largest absolute Gasteiger partial charge is 0.393 e. The van der Waals surface area contributed by atoms with E-state index < -0.39 is 29.2 Å². The van der Waals surface area contributed by atoms with Crippen molar-refractivity contribution >= 4 is 5.91 Å². The number of nitrogens with zero attached hydrogens (tertiary/aromatic N) is 1. The molecule has 5 heteroatoms. The molecule has 1 saturated heterocycles. The predicted molar refractivity (Wildman–Crippen MR) is 95.8 cm³/mol. The normalized spacial score (nSPS) is 16.5. The molecule has 0 radical (unpaired) electrons. The first-order valence-corrected chi connectivity index (χ1v) is 9.01. The SMILES string of the molecule is O=C(c1c(F)cccc1F)N1CCC(C(O)CCc2ccccc2)CC1. The summed E-state index contributed by atoms with van der Waals surface area (Å²) in [6.45, 7) is 0.805. The molecule has 0 spiro atoms. The fraction of sp³-hybridized carbons (Fsp3) is 0.381. The Bertz CT molecular complexity index is 723. The smallest absolute Gasteiger partial charge is 0.259 e. The van der Waals surface area contributed by atoms with Gasteiger partial charge in [-0.1, -0.05) is 36.4 Å². The number of rotatable bonds is 5. The van der Waals surface area contributed by atoms with Crippen molar-refractivity contribution in [2.45, 2.75) is 31.8 Å². The number of carbonyl (C=O) groups is 1. The molecule has 1 N–H and O–H groups in total. The van der Waals surface area contributed by atoms with E-state index in [1.54, 1.807) is 0 Å². The van der Waals surface area contributed by atoms with Crippen molar-refractivity contribution < 1.29 is 18.7 Å². The number of likely N-dealkylation sites (tertiary alicyclic amines) is 1. The lowest BCUT2D eigenvalue weighted by Crippen LogP contribution is -2.42. The first-order valence-electron chi connectivity index (χ1n) is 9.01. The Labute approximate surface area is 152 Å². The van der Waals surface area contributed by atoms with Crippen LogP contribution in [0.2, 0.25) is 0 Å². The van der Waals surface area contributed by atoms with Gasteiger partial charge in [-0.05, 0) is 49.3 Å². The number of aryl methyl sites for hydroxylation is 1. The number of aliphatic hydroxyl groups excluding tert-OH is 1. The van der Waals surface area contributed by atoms with Crippen LogP contribution in [0.5, 0.6) is 0 Å². The molecule has 0 aliphatic carbocycles. The number of benzene rings is 2. The first kappa shape index (κ1) is 18.5. The monoisotopic (exact) mass is 359 g/mol. The fourth-order valence-corrected chi connectivity index (χ4v) is 3.54. The van der Waals surface area contributed by atoms with Crippen LogP contribution >= 0.6 is 0 Å². The van der Waals surface area contributed by atoms with E-state index >= 15 is 0 Å². The lowest BCUT2D eigenvalue weighted by molar-refractivity contribution is 0.0431. The third-order valence-electron chi connectivity index (χ3n) is 5.12. The van der Waals surface area contributed by atoms with Crippen molar-refractivity contribution in [1.29, 1.82) is 0 Å². The molecule has 1 heterocycles. The minimum atomic E-state index is -0.833. The molecule has 1 unspecified atom stereocenters. The average Bonchev–Trinajstić information content (AvgIpc) is 2.67. The molecule has 1 amide bonds. The number of piperidine rings is 1. The Kier molecular flexibility index (Phi) is 5.99. The zero-order valence-electron chi connectivity index (χ0n) is 14.6. The van der Waals surface area contributed by atoms with Gasteiger partial charge in [-0.25, -0.2) is 8.78 Å². The van der Waals surface area contributed by atoms with Crippen molar-refractivity contribution in [3.8, 4) is 0 Å². The van der Waals surface area contributed by atoms with Gasteiger partial charge in [-0.15, -0.1) is 0 Å². The van der Waals surface area contributed by atoms with E-state index in [1.807, 2.05) is 30.3 Å². The van der Waals surface area contributed by atoms with Gasteiger partial charge in [0.05, 0.1) is 6.10 Å². The molecule has 1 fully saturated rings. The number of hydrogen-bond donors (Lipinski definition) is 1. The molecule has 1 atom stereocenters. The van der Waals surface area contributed by atoms with Crippen LogP contribution in [0.15, 0.2) is 48.5 Å². The quantitative estimate of drug-likeness (QED) is 0.882. The predicted octanol–water partition coefficient (Wildman–Crippen LogP) is 3.81. The summed E-state index contributed by atoms with van der Waals surface area (Å²) in [5.74, 6) is -2.17. The second-order valence-electron chi connectivity index (χ2n) is 6.82. The Morgan fingerprint density at radius 3 is 2.27 bits per heavy atom. The van der Waals surface area contributed by atoms with Gasteiger partial charge in [0.15, 0.2) is 0 Å². The molecule has 1 aliphatic rings. The molecule has 0 saturated carbocycles. The third-order valence-corrected chi connectivity index (χ3v) is 5.12. The number of hydrogen-bond acceptors (Lipinski definition) is 2. The molecule has 3 rings (SSSR count). The number of aliphatic hydroxyl groups is 1. The van der Waals surface area contributed by atoms with Crippen molar-refractivity contribution in [1.82, 2.24) is 4.90 Å². The molecule has 0 bridgehead atoms. The Morgan fingerprint density at radius 1 is 1.04 bits per heavy atom. The van der Waals surface area contributed by atoms with Gasteiger partial charge in [-0.2, -0.15) is 0 Å². The van der Waals surface area contributed by atoms with Crippen molar-refractivity contribution in [3.05, 3.63) is 71.3 Å². The van der Waals surface area contributed by atoms with Crippen LogP contribution < -0.4 is 0 Å². The summed E-state index contributed by atoms with van der Waals surface area (Å²) in [4.78, 5) is 13.9. The van der Waals surface area contributed by atoms with E-state index in [4.69, 9.17) is 0 Å². The van der Waals surface area contributed by atoms with E-state index in [0.717, 1.165) is 18.6 Å². The highest BCUT2D eigenvalue weighted by atomic mass is 19.1. The summed E-state index contributed by atoms with van der Waals surface area (Å²) in [6.07, 6.45) is 2.32. The minimum Gasteiger partial charge on any atom is -0.393 e. The van der Waals surface area contributed by atoms with Gasteiger partial charge in [-0.3, -0.25) is 4.79 Å². The standard InChI is InChI=1S/C21H23F2NO2/c22-17-7-4-8-18(23)20(17)21(26)24-13-11-16(12-14-24)19(25)10-9-15-5-2-1-3-6-15/h1-8,16,19,25H,9-14H2. The lowest BCUT2D eigenvalue weighted by Gasteiger charge is -2.34. The maximum absolute atomic E-state index is 13.8. The van der Waals surface area contributed by atoms with Crippen molar-refractivity contribution in [2.24, 2.45) is 5.92 Å². The summed E-state index contributed by atoms with van der Waals surface area (Å²) in [5.41, 5.74) is 0.699. The Balaban J connectivity index is 1.53. The van der Waals surface area contributed by atoms with Gasteiger partial charge < -0.3 is 10.0 Å². The topological polar surface area (TPSA) is 40.5 Å². The Morgan fingerprint density at radius 2 is 1.65 bits per heavy atom. The van der Waals surface area contributed by atoms with Gasteiger partial charge in [0, 0.05) is 13.1 Å². The van der Waals surface area contributed by atoms with Gasteiger partial charge in [0.25, 0.3) is 5.91 Å². The molecule has 3 nitrogen and oxygen atoms in total. The van der Waals surface area contributed by atoms with Crippen molar-refractivity contribution in [2.75, 3.05) is 13.1 Å². The van der Waals surface area contributed by atoms with E-state index in [1.165, 1.54) is 16.5 Å². The number of carbonyl (C=O) groups excluding carboxylic acids is 1. The van der Waals surface area contributed by atoms with Crippen LogP contribution in [-0.4, -0.2) is 35.1 Å². The summed E-state index contributed by atoms with van der Waals surface area (Å²) in [7, 11) is 0. The average molecular weight is 359 g/mol. The molecular formula is C21H23F2NO2. The highest BCUT2D eigenvalue weighted by Crippen LogP contribution is 2.25. The maximum atomic E-state index is 13.8. The maximum Gasteiger partial charge on any atom is 0.259 e. The summed E-state index contributed by atoms with van der Waals surface area (Å²) in [6, 6.07) is 13.4. The second-order valence-corrected chi connectivity index (χ2v) is 6.82. The van der Waals surface area contributed by atoms with Crippen LogP contribution in [-0.2, 0) is 6.42 Å². The molecule has 26 heavy (non-hydrogen) atoms. The fourth-order valence-electron chi connectivity index (χ4n) is 3.54. The Hall–Kier alpha value is -2.27.